The van der Waals surface area contributed by atoms with Crippen LogP contribution in [0.15, 0.2) is 46.6 Å². The van der Waals surface area contributed by atoms with Crippen LogP contribution in [0, 0.1) is 11.3 Å². The molecule has 1 heterocycles. The van der Waals surface area contributed by atoms with Crippen molar-refractivity contribution in [1.82, 2.24) is 10.5 Å². The number of hydrogen-bond acceptors (Lipinski definition) is 7. The van der Waals surface area contributed by atoms with E-state index in [1.165, 1.54) is 25.0 Å². The van der Waals surface area contributed by atoms with E-state index in [0.29, 0.717) is 38.6 Å². The molecule has 0 bridgehead atoms. The van der Waals surface area contributed by atoms with E-state index in [0.717, 1.165) is 49.7 Å². The van der Waals surface area contributed by atoms with Crippen LogP contribution in [-0.4, -0.2) is 34.6 Å². The number of halogens is 2. The summed E-state index contributed by atoms with van der Waals surface area (Å²) in [5.74, 6) is 6.40. The molecular weight excluding hydrogens is 619 g/mol. The molecular formula is C36H58Cl2N6O2. The van der Waals surface area contributed by atoms with Crippen molar-refractivity contribution in [3.8, 4) is 0 Å². The summed E-state index contributed by atoms with van der Waals surface area (Å²) in [5.41, 5.74) is 11.0. The molecule has 1 unspecified atom stereocenters. The highest BCUT2D eigenvalue weighted by Crippen LogP contribution is 2.43. The van der Waals surface area contributed by atoms with Crippen molar-refractivity contribution < 1.29 is 9.59 Å². The minimum absolute atomic E-state index is 0.188. The second kappa shape index (κ2) is 22.7. The first kappa shape index (κ1) is 43.2. The van der Waals surface area contributed by atoms with E-state index in [1.54, 1.807) is 18.2 Å². The Bertz CT molecular complexity index is 1200. The molecule has 3 rings (SSSR count). The van der Waals surface area contributed by atoms with Gasteiger partial charge in [0.1, 0.15) is 5.71 Å². The smallest absolute Gasteiger partial charge is 0.204 e. The summed E-state index contributed by atoms with van der Waals surface area (Å²) in [4.78, 5) is 29.5. The summed E-state index contributed by atoms with van der Waals surface area (Å²) in [6, 6.07) is 9.39. The average Bonchev–Trinajstić information content (AvgIpc) is 3.00. The van der Waals surface area contributed by atoms with Crippen LogP contribution in [0.5, 0.6) is 0 Å². The van der Waals surface area contributed by atoms with Crippen molar-refractivity contribution in [3.63, 3.8) is 0 Å². The van der Waals surface area contributed by atoms with Gasteiger partial charge in [0.05, 0.1) is 5.54 Å². The lowest BCUT2D eigenvalue weighted by Gasteiger charge is -2.40. The predicted octanol–water partition coefficient (Wildman–Crippen LogP) is 8.86. The van der Waals surface area contributed by atoms with Crippen molar-refractivity contribution >= 4 is 47.3 Å². The molecule has 0 aliphatic heterocycles. The van der Waals surface area contributed by atoms with Crippen molar-refractivity contribution in [2.75, 3.05) is 0 Å². The van der Waals surface area contributed by atoms with Gasteiger partial charge < -0.3 is 5.73 Å². The Morgan fingerprint density at radius 1 is 1.13 bits per heavy atom. The number of hydrazine groups is 1. The number of unbranched alkanes of at least 4 members (excludes halogenated alkanes) is 1. The van der Waals surface area contributed by atoms with Gasteiger partial charge in [-0.15, -0.1) is 0 Å². The number of aldehydes is 1. The number of hydrazone groups is 1. The Labute approximate surface area is 288 Å². The number of aromatic nitrogens is 1. The Balaban J connectivity index is 0.000000790. The molecule has 46 heavy (non-hydrogen) atoms. The second-order valence-electron chi connectivity index (χ2n) is 12.8. The van der Waals surface area contributed by atoms with E-state index in [4.69, 9.17) is 38.8 Å². The summed E-state index contributed by atoms with van der Waals surface area (Å²) in [6.45, 7) is 19.4. The Morgan fingerprint density at radius 3 is 2.13 bits per heavy atom. The number of carbonyl (C=O) groups is 2. The third-order valence-corrected chi connectivity index (χ3v) is 8.44. The number of aliphatic imine (C=N–C) groups is 1. The molecule has 8 nitrogen and oxygen atoms in total. The fourth-order valence-corrected chi connectivity index (χ4v) is 5.83. The molecule has 1 aliphatic rings. The highest BCUT2D eigenvalue weighted by molar-refractivity contribution is 6.39. The van der Waals surface area contributed by atoms with E-state index >= 15 is 0 Å². The van der Waals surface area contributed by atoms with Gasteiger partial charge in [-0.05, 0) is 93.0 Å². The number of pyridine rings is 1. The molecule has 0 saturated heterocycles. The topological polar surface area (TPSA) is 136 Å². The van der Waals surface area contributed by atoms with Crippen molar-refractivity contribution in [3.05, 3.63) is 63.4 Å². The molecule has 5 N–H and O–H groups in total. The van der Waals surface area contributed by atoms with Crippen molar-refractivity contribution in [2.45, 2.75) is 125 Å². The van der Waals surface area contributed by atoms with Crippen LogP contribution in [-0.2, 0) is 16.0 Å². The molecule has 10 heteroatoms. The molecule has 2 aromatic rings. The summed E-state index contributed by atoms with van der Waals surface area (Å²) in [6.07, 6.45) is 11.8. The quantitative estimate of drug-likeness (QED) is 0.0999. The van der Waals surface area contributed by atoms with E-state index in [9.17, 15) is 4.79 Å². The fraction of sp³-hybridized carbons (Fsp3) is 0.583. The van der Waals surface area contributed by atoms with Gasteiger partial charge in [-0.2, -0.15) is 5.10 Å². The Morgan fingerprint density at radius 2 is 1.70 bits per heavy atom. The van der Waals surface area contributed by atoms with Gasteiger partial charge in [0.15, 0.2) is 6.29 Å². The number of nitrogens with zero attached hydrogens (tertiary/aromatic N) is 3. The maximum absolute atomic E-state index is 11.6. The third-order valence-electron chi connectivity index (χ3n) is 8.01. The average molecular weight is 678 g/mol. The maximum atomic E-state index is 11.6. The number of nitrogens with one attached hydrogen (secondary N) is 1. The first-order valence-electron chi connectivity index (χ1n) is 16.3. The monoisotopic (exact) mass is 676 g/mol. The van der Waals surface area contributed by atoms with Gasteiger partial charge >= 0.3 is 0 Å². The standard InChI is InChI=1S/C19H25Cl2NO.C14H24N4.C2H6.CH3NO/c1-18(2,3)14-5-7-19(4,8-6-14)22-17(12-23)13-9-15(20)11-16(21)10-13;1-4-5-6-11(2)14-8-7-13(10-16-14)9-12(3)17-18-15;1-2;2-1-3/h9-12,14H,5-8H2,1-4H3;7-8,10-11,18H,4-6,9,15H2,1-3H3;1-2H3;1H,(H2,2,3)/b;17-12+;;. The van der Waals surface area contributed by atoms with E-state index in [1.807, 2.05) is 27.0 Å². The number of benzene rings is 1. The highest BCUT2D eigenvalue weighted by atomic mass is 35.5. The molecule has 1 saturated carbocycles. The summed E-state index contributed by atoms with van der Waals surface area (Å²) in [5, 5.41) is 4.97. The molecule has 0 spiro atoms. The number of hydrogen-bond donors (Lipinski definition) is 3. The maximum Gasteiger partial charge on any atom is 0.204 e. The van der Waals surface area contributed by atoms with Crippen LogP contribution in [0.25, 0.3) is 0 Å². The van der Waals surface area contributed by atoms with Crippen LogP contribution in [0.4, 0.5) is 0 Å². The zero-order valence-corrected chi connectivity index (χ0v) is 31.0. The normalized spacial score (nSPS) is 18.7. The molecule has 0 radical (unpaired) electrons. The third kappa shape index (κ3) is 16.7. The summed E-state index contributed by atoms with van der Waals surface area (Å²) in [7, 11) is 0. The number of rotatable bonds is 10. The van der Waals surface area contributed by atoms with Gasteiger partial charge in [0.2, 0.25) is 6.41 Å². The van der Waals surface area contributed by atoms with E-state index < -0.39 is 0 Å². The zero-order chi connectivity index (χ0) is 35.3. The SMILES string of the molecule is CC.CC1(N=C(C=O)c2cc(Cl)cc(Cl)c2)CCC(C(C)(C)C)CC1.CCCCC(C)c1ccc(C/C(C)=N/NN)cn1.NC=O. The lowest BCUT2D eigenvalue weighted by molar-refractivity contribution is -0.107. The number of nitrogens with two attached hydrogens (primary N) is 2. The fourth-order valence-electron chi connectivity index (χ4n) is 5.30. The second-order valence-corrected chi connectivity index (χ2v) is 13.7. The number of carbonyl (C=O) groups excluding carboxylic acids is 2. The van der Waals surface area contributed by atoms with Crippen LogP contribution in [0.1, 0.15) is 130 Å². The molecule has 1 amide bonds. The zero-order valence-electron chi connectivity index (χ0n) is 29.5. The highest BCUT2D eigenvalue weighted by Gasteiger charge is 2.35. The minimum atomic E-state index is -0.188. The molecule has 1 aromatic heterocycles. The molecule has 1 aromatic carbocycles. The largest absolute Gasteiger partial charge is 0.372 e. The van der Waals surface area contributed by atoms with Gasteiger partial charge in [-0.1, -0.05) is 90.6 Å². The molecule has 1 fully saturated rings. The Kier molecular flexibility index (Phi) is 21.3. The number of primary amides is 1. The minimum Gasteiger partial charge on any atom is -0.372 e. The van der Waals surface area contributed by atoms with Crippen LogP contribution >= 0.6 is 23.2 Å². The Hall–Kier alpha value is -2.81. The van der Waals surface area contributed by atoms with E-state index in [2.05, 4.69) is 75.0 Å². The summed E-state index contributed by atoms with van der Waals surface area (Å²) >= 11 is 12.1. The van der Waals surface area contributed by atoms with Crippen LogP contribution in [0.2, 0.25) is 10.0 Å². The van der Waals surface area contributed by atoms with Gasteiger partial charge in [-0.25, -0.2) is 11.4 Å². The lowest BCUT2D eigenvalue weighted by atomic mass is 9.68. The summed E-state index contributed by atoms with van der Waals surface area (Å²) < 4.78 is 0. The van der Waals surface area contributed by atoms with Gasteiger partial charge in [0, 0.05) is 39.6 Å². The van der Waals surface area contributed by atoms with Gasteiger partial charge in [0.25, 0.3) is 0 Å². The lowest BCUT2D eigenvalue weighted by Crippen LogP contribution is -2.34. The predicted molar refractivity (Wildman–Crippen MR) is 197 cm³/mol. The molecule has 1 aliphatic carbocycles. The van der Waals surface area contributed by atoms with Crippen LogP contribution in [0.3, 0.4) is 0 Å². The van der Waals surface area contributed by atoms with E-state index in [-0.39, 0.29) is 11.9 Å². The van der Waals surface area contributed by atoms with Crippen molar-refractivity contribution in [1.29, 1.82) is 0 Å². The van der Waals surface area contributed by atoms with Crippen LogP contribution < -0.4 is 17.1 Å². The first-order chi connectivity index (χ1) is 21.7. The van der Waals surface area contributed by atoms with Gasteiger partial charge in [-0.3, -0.25) is 19.6 Å². The number of amides is 1. The molecule has 258 valence electrons. The molecule has 1 atom stereocenters. The first-order valence-corrected chi connectivity index (χ1v) is 17.1. The van der Waals surface area contributed by atoms with Crippen molar-refractivity contribution in [2.24, 2.45) is 33.0 Å².